The Balaban J connectivity index is 2.16. The van der Waals surface area contributed by atoms with Crippen molar-refractivity contribution in [3.05, 3.63) is 66.9 Å². The molecule has 0 N–H and O–H groups in total. The Kier molecular flexibility index (Phi) is 2.83. The number of imidazole rings is 1. The van der Waals surface area contributed by atoms with Crippen molar-refractivity contribution < 1.29 is 0 Å². The van der Waals surface area contributed by atoms with E-state index in [0.29, 0.717) is 5.82 Å². The van der Waals surface area contributed by atoms with E-state index in [1.165, 1.54) is 0 Å². The molecule has 3 nitrogen and oxygen atoms in total. The summed E-state index contributed by atoms with van der Waals surface area (Å²) in [6.45, 7) is 0. The maximum absolute atomic E-state index is 9.38. The predicted molar refractivity (Wildman–Crippen MR) is 74.1 cm³/mol. The van der Waals surface area contributed by atoms with Gasteiger partial charge in [0, 0.05) is 11.1 Å². The molecule has 19 heavy (non-hydrogen) atoms. The van der Waals surface area contributed by atoms with E-state index in [2.05, 4.69) is 11.2 Å². The Hall–Kier alpha value is -2.86. The second-order valence-corrected chi connectivity index (χ2v) is 4.13. The fraction of sp³-hybridized carbons (Fsp3) is 0. The van der Waals surface area contributed by atoms with Crippen molar-refractivity contribution >= 4 is 0 Å². The van der Waals surface area contributed by atoms with E-state index in [4.69, 9.17) is 0 Å². The van der Waals surface area contributed by atoms with Gasteiger partial charge in [0.1, 0.15) is 0 Å². The maximum Gasteiger partial charge on any atom is 0.190 e. The Morgan fingerprint density at radius 2 is 1.42 bits per heavy atom. The third kappa shape index (κ3) is 2.00. The zero-order chi connectivity index (χ0) is 13.1. The molecular weight excluding hydrogens is 234 g/mol. The summed E-state index contributed by atoms with van der Waals surface area (Å²) in [5.41, 5.74) is 2.73. The molecule has 3 heteroatoms. The van der Waals surface area contributed by atoms with Crippen molar-refractivity contribution in [3.8, 4) is 28.8 Å². The van der Waals surface area contributed by atoms with Gasteiger partial charge in [-0.25, -0.2) is 9.55 Å². The first-order valence-electron chi connectivity index (χ1n) is 5.99. The first-order chi connectivity index (χ1) is 9.40. The Bertz CT molecular complexity index is 665. The Morgan fingerprint density at radius 3 is 2.00 bits per heavy atom. The van der Waals surface area contributed by atoms with E-state index >= 15 is 0 Å². The van der Waals surface area contributed by atoms with Gasteiger partial charge in [0.25, 0.3) is 0 Å². The highest BCUT2D eigenvalue weighted by atomic mass is 15.1. The summed E-state index contributed by atoms with van der Waals surface area (Å²) in [6, 6.07) is 19.5. The molecule has 0 aliphatic rings. The number of benzene rings is 2. The number of rotatable bonds is 2. The summed E-state index contributed by atoms with van der Waals surface area (Å²) in [7, 11) is 0. The first kappa shape index (κ1) is 11.2. The molecule has 0 aliphatic carbocycles. The van der Waals surface area contributed by atoms with Crippen molar-refractivity contribution in [2.45, 2.75) is 0 Å². The van der Waals surface area contributed by atoms with E-state index < -0.39 is 0 Å². The lowest BCUT2D eigenvalue weighted by Crippen LogP contribution is -1.95. The number of hydrogen-bond donors (Lipinski definition) is 0. The Morgan fingerprint density at radius 1 is 0.842 bits per heavy atom. The number of aromatic nitrogens is 2. The van der Waals surface area contributed by atoms with Crippen LogP contribution >= 0.6 is 0 Å². The van der Waals surface area contributed by atoms with Gasteiger partial charge in [-0.05, 0) is 0 Å². The fourth-order valence-electron chi connectivity index (χ4n) is 2.06. The Labute approximate surface area is 111 Å². The molecule has 0 aliphatic heterocycles. The molecule has 0 saturated heterocycles. The van der Waals surface area contributed by atoms with E-state index in [1.54, 1.807) is 10.8 Å². The molecule has 0 atom stereocenters. The van der Waals surface area contributed by atoms with Gasteiger partial charge in [0.15, 0.2) is 12.0 Å². The van der Waals surface area contributed by atoms with Crippen LogP contribution in [0.25, 0.3) is 22.6 Å². The minimum atomic E-state index is 0.668. The lowest BCUT2D eigenvalue weighted by atomic mass is 10.1. The fourth-order valence-corrected chi connectivity index (χ4v) is 2.06. The highest BCUT2D eigenvalue weighted by Crippen LogP contribution is 2.25. The highest BCUT2D eigenvalue weighted by molar-refractivity contribution is 5.67. The molecule has 0 bridgehead atoms. The maximum atomic E-state index is 9.38. The smallest absolute Gasteiger partial charge is 0.190 e. The average Bonchev–Trinajstić information content (AvgIpc) is 2.93. The van der Waals surface area contributed by atoms with Crippen LogP contribution in [0.4, 0.5) is 0 Å². The number of nitriles is 1. The van der Waals surface area contributed by atoms with Crippen LogP contribution < -0.4 is 0 Å². The topological polar surface area (TPSA) is 41.6 Å². The molecule has 0 spiro atoms. The summed E-state index contributed by atoms with van der Waals surface area (Å²) in [6.07, 6.45) is 3.93. The van der Waals surface area contributed by atoms with Crippen LogP contribution in [0.3, 0.4) is 0 Å². The van der Waals surface area contributed by atoms with Gasteiger partial charge in [-0.1, -0.05) is 60.7 Å². The van der Waals surface area contributed by atoms with Gasteiger partial charge in [-0.15, -0.1) is 0 Å². The molecule has 1 aromatic heterocycles. The van der Waals surface area contributed by atoms with Crippen LogP contribution in [0.5, 0.6) is 0 Å². The molecule has 0 fully saturated rings. The van der Waals surface area contributed by atoms with E-state index in [1.807, 2.05) is 60.7 Å². The van der Waals surface area contributed by atoms with Crippen molar-refractivity contribution in [3.63, 3.8) is 0 Å². The summed E-state index contributed by atoms with van der Waals surface area (Å²) in [4.78, 5) is 4.37. The average molecular weight is 245 g/mol. The summed E-state index contributed by atoms with van der Waals surface area (Å²) >= 11 is 0. The SMILES string of the molecule is N#Cn1c(-c2ccccc2)cnc1-c1ccccc1. The highest BCUT2D eigenvalue weighted by Gasteiger charge is 2.12. The molecule has 3 aromatic rings. The molecular formula is C16H11N3. The van der Waals surface area contributed by atoms with Gasteiger partial charge in [-0.2, -0.15) is 5.26 Å². The van der Waals surface area contributed by atoms with E-state index in [0.717, 1.165) is 16.8 Å². The van der Waals surface area contributed by atoms with E-state index in [9.17, 15) is 5.26 Å². The van der Waals surface area contributed by atoms with Crippen LogP contribution in [0.15, 0.2) is 66.9 Å². The molecule has 0 radical (unpaired) electrons. The van der Waals surface area contributed by atoms with Gasteiger partial charge >= 0.3 is 0 Å². The number of nitrogens with zero attached hydrogens (tertiary/aromatic N) is 3. The standard InChI is InChI=1S/C16H11N3/c17-12-19-15(13-7-3-1-4-8-13)11-18-16(19)14-9-5-2-6-10-14/h1-11H. The van der Waals surface area contributed by atoms with Gasteiger partial charge in [0.2, 0.25) is 0 Å². The van der Waals surface area contributed by atoms with Crippen LogP contribution in [0.2, 0.25) is 0 Å². The molecule has 1 heterocycles. The van der Waals surface area contributed by atoms with Gasteiger partial charge in [0.05, 0.1) is 11.9 Å². The van der Waals surface area contributed by atoms with Crippen molar-refractivity contribution in [1.82, 2.24) is 9.55 Å². The third-order valence-corrected chi connectivity index (χ3v) is 2.96. The van der Waals surface area contributed by atoms with Crippen molar-refractivity contribution in [2.75, 3.05) is 0 Å². The van der Waals surface area contributed by atoms with E-state index in [-0.39, 0.29) is 0 Å². The lowest BCUT2D eigenvalue weighted by Gasteiger charge is -2.03. The summed E-state index contributed by atoms with van der Waals surface area (Å²) < 4.78 is 1.56. The zero-order valence-corrected chi connectivity index (χ0v) is 10.2. The molecule has 0 saturated carbocycles. The van der Waals surface area contributed by atoms with Gasteiger partial charge in [-0.3, -0.25) is 0 Å². The summed E-state index contributed by atoms with van der Waals surface area (Å²) in [5, 5.41) is 9.38. The third-order valence-electron chi connectivity index (χ3n) is 2.96. The van der Waals surface area contributed by atoms with Crippen LogP contribution in [-0.2, 0) is 0 Å². The summed E-state index contributed by atoms with van der Waals surface area (Å²) in [5.74, 6) is 0.668. The molecule has 0 unspecified atom stereocenters. The second-order valence-electron chi connectivity index (χ2n) is 4.13. The van der Waals surface area contributed by atoms with Gasteiger partial charge < -0.3 is 0 Å². The van der Waals surface area contributed by atoms with Crippen molar-refractivity contribution in [1.29, 1.82) is 5.26 Å². The largest absolute Gasteiger partial charge is 0.235 e. The van der Waals surface area contributed by atoms with Crippen molar-refractivity contribution in [2.24, 2.45) is 0 Å². The number of hydrogen-bond acceptors (Lipinski definition) is 2. The molecule has 3 rings (SSSR count). The van der Waals surface area contributed by atoms with Crippen LogP contribution in [0.1, 0.15) is 0 Å². The monoisotopic (exact) mass is 245 g/mol. The lowest BCUT2D eigenvalue weighted by molar-refractivity contribution is 1.09. The molecule has 2 aromatic carbocycles. The molecule has 90 valence electrons. The minimum absolute atomic E-state index is 0.668. The normalized spacial score (nSPS) is 10.1. The molecule has 0 amide bonds. The van der Waals surface area contributed by atoms with Crippen LogP contribution in [0, 0.1) is 11.5 Å². The second kappa shape index (κ2) is 4.79. The zero-order valence-electron chi connectivity index (χ0n) is 10.2. The first-order valence-corrected chi connectivity index (χ1v) is 5.99. The predicted octanol–water partition coefficient (Wildman–Crippen LogP) is 3.55. The van der Waals surface area contributed by atoms with Crippen LogP contribution in [-0.4, -0.2) is 9.55 Å². The minimum Gasteiger partial charge on any atom is -0.235 e. The quantitative estimate of drug-likeness (QED) is 0.692.